The molecule has 0 amide bonds. The molecule has 1 saturated heterocycles. The molecule has 1 aromatic rings. The van der Waals surface area contributed by atoms with E-state index in [1.807, 2.05) is 19.6 Å². The summed E-state index contributed by atoms with van der Waals surface area (Å²) in [7, 11) is -2.00. The van der Waals surface area contributed by atoms with Gasteiger partial charge in [0.15, 0.2) is 8.32 Å². The Bertz CT molecular complexity index is 739. The summed E-state index contributed by atoms with van der Waals surface area (Å²) in [6.45, 7) is 14.4. The molecule has 1 heterocycles. The minimum absolute atomic E-state index is 0.247. The molecule has 28 heavy (non-hydrogen) atoms. The van der Waals surface area contributed by atoms with Crippen LogP contribution in [0.25, 0.3) is 5.76 Å². The third-order valence-electron chi connectivity index (χ3n) is 5.41. The molecule has 1 aliphatic carbocycles. The fraction of sp³-hybridized carbons (Fsp3) is 0.636. The largest absolute Gasteiger partial charge is 0.462 e. The lowest BCUT2D eigenvalue weighted by atomic mass is 9.92. The summed E-state index contributed by atoms with van der Waals surface area (Å²) < 4.78 is 18.5. The van der Waals surface area contributed by atoms with Crippen molar-refractivity contribution >= 4 is 14.1 Å². The van der Waals surface area contributed by atoms with Crippen molar-refractivity contribution in [2.45, 2.75) is 89.9 Å². The van der Waals surface area contributed by atoms with Crippen LogP contribution in [0.1, 0.15) is 56.2 Å². The number of ether oxygens (including phenoxy) is 2. The van der Waals surface area contributed by atoms with Gasteiger partial charge in [0.25, 0.3) is 0 Å². The van der Waals surface area contributed by atoms with Crippen LogP contribution >= 0.6 is 0 Å². The van der Waals surface area contributed by atoms with Crippen molar-refractivity contribution in [1.82, 2.24) is 0 Å². The first-order chi connectivity index (χ1) is 13.0. The van der Waals surface area contributed by atoms with Crippen LogP contribution in [0.4, 0.5) is 0 Å². The average Bonchev–Trinajstić information content (AvgIpc) is 2.91. The van der Waals surface area contributed by atoms with Crippen LogP contribution < -0.4 is 0 Å². The van der Waals surface area contributed by atoms with Gasteiger partial charge in [0.1, 0.15) is 24.1 Å². The molecule has 1 aromatic carbocycles. The SMILES string of the molecule is CC(C)c1cccc2c1C(O[C@@H]1O[C@H](C)[C@H](O)[C@H](O)[C@H]1O[Si](C)(C)C)=CC2C. The van der Waals surface area contributed by atoms with Gasteiger partial charge in [-0.2, -0.15) is 0 Å². The van der Waals surface area contributed by atoms with Crippen molar-refractivity contribution in [2.75, 3.05) is 0 Å². The predicted octanol–water partition coefficient (Wildman–Crippen LogP) is 3.97. The second-order valence-electron chi connectivity index (χ2n) is 9.29. The molecule has 2 aliphatic rings. The number of fused-ring (bicyclic) bond motifs is 1. The first-order valence-electron chi connectivity index (χ1n) is 10.2. The molecular formula is C22H34O5Si. The van der Waals surface area contributed by atoms with E-state index in [1.165, 1.54) is 11.1 Å². The zero-order chi connectivity index (χ0) is 20.8. The molecule has 0 aromatic heterocycles. The molecule has 1 unspecified atom stereocenters. The lowest BCUT2D eigenvalue weighted by Gasteiger charge is -2.43. The van der Waals surface area contributed by atoms with Gasteiger partial charge in [-0.15, -0.1) is 0 Å². The molecule has 3 rings (SSSR count). The first-order valence-corrected chi connectivity index (χ1v) is 13.6. The van der Waals surface area contributed by atoms with Crippen LogP contribution in [0.15, 0.2) is 24.3 Å². The monoisotopic (exact) mass is 406 g/mol. The Labute approximate surface area is 169 Å². The summed E-state index contributed by atoms with van der Waals surface area (Å²) in [4.78, 5) is 0. The van der Waals surface area contributed by atoms with Gasteiger partial charge in [-0.05, 0) is 49.7 Å². The van der Waals surface area contributed by atoms with Crippen LogP contribution in [0.3, 0.4) is 0 Å². The fourth-order valence-electron chi connectivity index (χ4n) is 3.99. The van der Waals surface area contributed by atoms with E-state index in [-0.39, 0.29) is 5.92 Å². The van der Waals surface area contributed by atoms with Crippen molar-refractivity contribution in [1.29, 1.82) is 0 Å². The van der Waals surface area contributed by atoms with Crippen molar-refractivity contribution < 1.29 is 24.1 Å². The molecule has 2 N–H and O–H groups in total. The number of hydrogen-bond acceptors (Lipinski definition) is 5. The third-order valence-corrected chi connectivity index (χ3v) is 6.39. The minimum atomic E-state index is -2.00. The van der Waals surface area contributed by atoms with E-state index in [1.54, 1.807) is 6.92 Å². The summed E-state index contributed by atoms with van der Waals surface area (Å²) in [5.74, 6) is 1.38. The Kier molecular flexibility index (Phi) is 6.09. The van der Waals surface area contributed by atoms with Crippen molar-refractivity contribution in [2.24, 2.45) is 0 Å². The topological polar surface area (TPSA) is 68.2 Å². The molecule has 0 saturated carbocycles. The van der Waals surface area contributed by atoms with E-state index in [4.69, 9.17) is 13.9 Å². The van der Waals surface area contributed by atoms with Gasteiger partial charge in [0.05, 0.1) is 6.10 Å². The number of hydrogen-bond donors (Lipinski definition) is 2. The molecule has 1 fully saturated rings. The zero-order valence-corrected chi connectivity index (χ0v) is 19.0. The van der Waals surface area contributed by atoms with Gasteiger partial charge < -0.3 is 24.1 Å². The van der Waals surface area contributed by atoms with Crippen LogP contribution in [0, 0.1) is 0 Å². The lowest BCUT2D eigenvalue weighted by molar-refractivity contribution is -0.270. The van der Waals surface area contributed by atoms with Crippen LogP contribution in [0.5, 0.6) is 0 Å². The Morgan fingerprint density at radius 2 is 1.75 bits per heavy atom. The van der Waals surface area contributed by atoms with Crippen LogP contribution in [-0.4, -0.2) is 49.2 Å². The first kappa shape index (κ1) is 21.5. The Balaban J connectivity index is 1.93. The van der Waals surface area contributed by atoms with Gasteiger partial charge in [0.2, 0.25) is 6.29 Å². The van der Waals surface area contributed by atoms with E-state index in [0.717, 1.165) is 11.3 Å². The van der Waals surface area contributed by atoms with Gasteiger partial charge in [-0.3, -0.25) is 0 Å². The lowest BCUT2D eigenvalue weighted by Crippen LogP contribution is -2.60. The molecule has 1 aliphatic heterocycles. The van der Waals surface area contributed by atoms with E-state index >= 15 is 0 Å². The third kappa shape index (κ3) is 4.21. The molecular weight excluding hydrogens is 372 g/mol. The highest BCUT2D eigenvalue weighted by Crippen LogP contribution is 2.42. The number of allylic oxidation sites excluding steroid dienone is 1. The maximum absolute atomic E-state index is 10.7. The zero-order valence-electron chi connectivity index (χ0n) is 18.0. The van der Waals surface area contributed by atoms with Gasteiger partial charge in [-0.1, -0.05) is 39.0 Å². The molecule has 0 radical (unpaired) electrons. The number of aliphatic hydroxyl groups is 2. The van der Waals surface area contributed by atoms with E-state index in [0.29, 0.717) is 5.92 Å². The molecule has 156 valence electrons. The van der Waals surface area contributed by atoms with E-state index in [2.05, 4.69) is 45.0 Å². The molecule has 6 atom stereocenters. The highest BCUT2D eigenvalue weighted by molar-refractivity contribution is 6.69. The van der Waals surface area contributed by atoms with Crippen molar-refractivity contribution in [3.8, 4) is 0 Å². The summed E-state index contributed by atoms with van der Waals surface area (Å²) in [5.41, 5.74) is 3.60. The van der Waals surface area contributed by atoms with Gasteiger partial charge in [0, 0.05) is 11.5 Å². The Morgan fingerprint density at radius 1 is 1.07 bits per heavy atom. The molecule has 0 bridgehead atoms. The second kappa shape index (κ2) is 7.92. The maximum Gasteiger partial charge on any atom is 0.228 e. The van der Waals surface area contributed by atoms with Crippen molar-refractivity contribution in [3.63, 3.8) is 0 Å². The van der Waals surface area contributed by atoms with E-state index in [9.17, 15) is 10.2 Å². The maximum atomic E-state index is 10.7. The summed E-state index contributed by atoms with van der Waals surface area (Å²) >= 11 is 0. The Morgan fingerprint density at radius 3 is 2.36 bits per heavy atom. The van der Waals surface area contributed by atoms with Crippen LogP contribution in [0.2, 0.25) is 19.6 Å². The molecule has 0 spiro atoms. The highest BCUT2D eigenvalue weighted by atomic mass is 28.4. The normalized spacial score (nSPS) is 33.0. The van der Waals surface area contributed by atoms with Crippen LogP contribution in [-0.2, 0) is 13.9 Å². The standard InChI is InChI=1S/C22H34O5Si/c1-12(2)15-9-8-10-16-13(3)11-17(18(15)16)26-22-21(27-28(5,6)7)20(24)19(23)14(4)25-22/h8-14,19-24H,1-7H3/t13?,14-,19+,20+,21-,22+/m1/s1. The summed E-state index contributed by atoms with van der Waals surface area (Å²) in [6, 6.07) is 6.37. The fourth-order valence-corrected chi connectivity index (χ4v) is 5.06. The highest BCUT2D eigenvalue weighted by Gasteiger charge is 2.47. The van der Waals surface area contributed by atoms with Gasteiger partial charge in [-0.25, -0.2) is 0 Å². The number of benzene rings is 1. The second-order valence-corrected chi connectivity index (χ2v) is 13.7. The minimum Gasteiger partial charge on any atom is -0.462 e. The molecule has 5 nitrogen and oxygen atoms in total. The molecule has 6 heteroatoms. The average molecular weight is 407 g/mol. The van der Waals surface area contributed by atoms with Crippen molar-refractivity contribution in [3.05, 3.63) is 41.0 Å². The summed E-state index contributed by atoms with van der Waals surface area (Å²) in [6.07, 6.45) is -2.00. The summed E-state index contributed by atoms with van der Waals surface area (Å²) in [5, 5.41) is 21.0. The van der Waals surface area contributed by atoms with E-state index < -0.39 is 39.0 Å². The smallest absolute Gasteiger partial charge is 0.228 e. The number of aliphatic hydroxyl groups excluding tert-OH is 2. The van der Waals surface area contributed by atoms with Gasteiger partial charge >= 0.3 is 0 Å². The quantitative estimate of drug-likeness (QED) is 0.724. The Hall–Kier alpha value is -1.18. The predicted molar refractivity (Wildman–Crippen MR) is 113 cm³/mol. The number of rotatable bonds is 5.